The topological polar surface area (TPSA) is 50.3 Å². The molecular weight excluding hydrogens is 315 g/mol. The highest BCUT2D eigenvalue weighted by atomic mass is 35.5. The zero-order chi connectivity index (χ0) is 15.5. The second-order valence-corrected chi connectivity index (χ2v) is 6.59. The summed E-state index contributed by atoms with van der Waals surface area (Å²) in [5, 5.41) is -0.130. The maximum absolute atomic E-state index is 13.9. The molecule has 7 heteroatoms. The molecule has 2 aromatic rings. The van der Waals surface area contributed by atoms with E-state index in [1.165, 1.54) is 12.1 Å². The van der Waals surface area contributed by atoms with Crippen molar-refractivity contribution in [3.05, 3.63) is 59.1 Å². The van der Waals surface area contributed by atoms with E-state index in [2.05, 4.69) is 4.98 Å². The van der Waals surface area contributed by atoms with Crippen LogP contribution in [0.1, 0.15) is 12.6 Å². The van der Waals surface area contributed by atoms with Gasteiger partial charge in [-0.1, -0.05) is 30.7 Å². The lowest BCUT2D eigenvalue weighted by molar-refractivity contribution is 0.415. The Labute approximate surface area is 128 Å². The van der Waals surface area contributed by atoms with E-state index in [-0.39, 0.29) is 18.1 Å². The van der Waals surface area contributed by atoms with Gasteiger partial charge in [0.05, 0.1) is 17.3 Å². The van der Waals surface area contributed by atoms with E-state index in [9.17, 15) is 12.8 Å². The molecule has 0 aliphatic heterocycles. The van der Waals surface area contributed by atoms with Crippen molar-refractivity contribution in [1.29, 1.82) is 0 Å². The second-order valence-electron chi connectivity index (χ2n) is 4.30. The van der Waals surface area contributed by atoms with Crippen molar-refractivity contribution in [3.63, 3.8) is 0 Å². The maximum Gasteiger partial charge on any atom is 0.247 e. The molecule has 0 unspecified atom stereocenters. The van der Waals surface area contributed by atoms with Crippen LogP contribution in [0.3, 0.4) is 0 Å². The largest absolute Gasteiger partial charge is 0.260 e. The summed E-state index contributed by atoms with van der Waals surface area (Å²) in [6.45, 7) is 1.92. The summed E-state index contributed by atoms with van der Waals surface area (Å²) in [6.07, 6.45) is 1.58. The Balaban J connectivity index is 2.41. The molecule has 1 aromatic heterocycles. The smallest absolute Gasteiger partial charge is 0.247 e. The zero-order valence-electron chi connectivity index (χ0n) is 11.3. The molecule has 1 heterocycles. The van der Waals surface area contributed by atoms with Gasteiger partial charge in [0, 0.05) is 12.7 Å². The van der Waals surface area contributed by atoms with E-state index >= 15 is 0 Å². The Morgan fingerprint density at radius 1 is 1.24 bits per heavy atom. The number of nitrogens with zero attached hydrogens (tertiary/aromatic N) is 2. The second kappa shape index (κ2) is 6.51. The normalized spacial score (nSPS) is 11.8. The highest BCUT2D eigenvalue weighted by molar-refractivity contribution is 7.89. The summed E-state index contributed by atoms with van der Waals surface area (Å²) < 4.78 is 40.2. The third-order valence-electron chi connectivity index (χ3n) is 2.93. The zero-order valence-corrected chi connectivity index (χ0v) is 12.9. The van der Waals surface area contributed by atoms with Gasteiger partial charge in [0.25, 0.3) is 0 Å². The van der Waals surface area contributed by atoms with E-state index < -0.39 is 20.7 Å². The van der Waals surface area contributed by atoms with E-state index in [4.69, 9.17) is 11.6 Å². The molecule has 0 saturated heterocycles. The van der Waals surface area contributed by atoms with Crippen molar-refractivity contribution in [3.8, 4) is 0 Å². The van der Waals surface area contributed by atoms with Gasteiger partial charge in [0.2, 0.25) is 10.0 Å². The Bertz CT molecular complexity index is 703. The van der Waals surface area contributed by atoms with E-state index in [0.717, 1.165) is 10.4 Å². The van der Waals surface area contributed by atoms with Crippen LogP contribution >= 0.6 is 11.6 Å². The van der Waals surface area contributed by atoms with Crippen LogP contribution in [-0.4, -0.2) is 24.3 Å². The van der Waals surface area contributed by atoms with Gasteiger partial charge < -0.3 is 0 Å². The standard InChI is InChI=1S/C14H14ClFN2O2S/c1-2-18(10-11-6-3-4-9-17-11)21(19,20)14-12(15)7-5-8-13(14)16/h3-9H,2,10H2,1H3. The van der Waals surface area contributed by atoms with Crippen molar-refractivity contribution in [2.24, 2.45) is 0 Å². The maximum atomic E-state index is 13.9. The number of pyridine rings is 1. The minimum Gasteiger partial charge on any atom is -0.260 e. The van der Waals surface area contributed by atoms with Crippen molar-refractivity contribution in [2.75, 3.05) is 6.54 Å². The summed E-state index contributed by atoms with van der Waals surface area (Å²) in [4.78, 5) is 3.59. The molecule has 21 heavy (non-hydrogen) atoms. The van der Waals surface area contributed by atoms with Gasteiger partial charge in [-0.3, -0.25) is 4.98 Å². The van der Waals surface area contributed by atoms with Crippen LogP contribution in [0.2, 0.25) is 5.02 Å². The number of rotatable bonds is 5. The average molecular weight is 329 g/mol. The van der Waals surface area contributed by atoms with Crippen LogP contribution in [0, 0.1) is 5.82 Å². The first-order valence-corrected chi connectivity index (χ1v) is 8.12. The Kier molecular flexibility index (Phi) is 4.92. The van der Waals surface area contributed by atoms with Crippen LogP contribution < -0.4 is 0 Å². The van der Waals surface area contributed by atoms with Crippen LogP contribution in [0.15, 0.2) is 47.5 Å². The quantitative estimate of drug-likeness (QED) is 0.847. The highest BCUT2D eigenvalue weighted by Crippen LogP contribution is 2.27. The molecule has 112 valence electrons. The lowest BCUT2D eigenvalue weighted by Crippen LogP contribution is -2.31. The third kappa shape index (κ3) is 3.40. The van der Waals surface area contributed by atoms with Crippen molar-refractivity contribution < 1.29 is 12.8 Å². The molecule has 0 fully saturated rings. The van der Waals surface area contributed by atoms with Gasteiger partial charge in [-0.15, -0.1) is 0 Å². The minimum absolute atomic E-state index is 0.0599. The first kappa shape index (κ1) is 15.9. The summed E-state index contributed by atoms with van der Waals surface area (Å²) in [7, 11) is -4.02. The number of hydrogen-bond donors (Lipinski definition) is 0. The lowest BCUT2D eigenvalue weighted by Gasteiger charge is -2.21. The van der Waals surface area contributed by atoms with E-state index in [1.54, 1.807) is 31.3 Å². The fourth-order valence-electron chi connectivity index (χ4n) is 1.90. The Morgan fingerprint density at radius 2 is 2.00 bits per heavy atom. The number of benzene rings is 1. The lowest BCUT2D eigenvalue weighted by atomic mass is 10.3. The summed E-state index contributed by atoms with van der Waals surface area (Å²) in [5.41, 5.74) is 0.579. The molecule has 1 aromatic carbocycles. The number of halogens is 2. The van der Waals surface area contributed by atoms with Gasteiger partial charge in [-0.25, -0.2) is 12.8 Å². The molecule has 0 spiro atoms. The number of sulfonamides is 1. The molecular formula is C14H14ClFN2O2S. The molecule has 0 aliphatic rings. The molecule has 0 atom stereocenters. The summed E-state index contributed by atoms with van der Waals surface area (Å²) >= 11 is 5.86. The molecule has 0 saturated carbocycles. The molecule has 4 nitrogen and oxygen atoms in total. The molecule has 0 N–H and O–H groups in total. The Morgan fingerprint density at radius 3 is 2.57 bits per heavy atom. The van der Waals surface area contributed by atoms with Gasteiger partial charge >= 0.3 is 0 Å². The van der Waals surface area contributed by atoms with Crippen LogP contribution in [0.4, 0.5) is 4.39 Å². The molecule has 0 bridgehead atoms. The van der Waals surface area contributed by atoms with Crippen LogP contribution in [-0.2, 0) is 16.6 Å². The molecule has 0 amide bonds. The van der Waals surface area contributed by atoms with Crippen molar-refractivity contribution in [2.45, 2.75) is 18.4 Å². The molecule has 0 radical (unpaired) electrons. The van der Waals surface area contributed by atoms with E-state index in [1.807, 2.05) is 0 Å². The van der Waals surface area contributed by atoms with Crippen LogP contribution in [0.25, 0.3) is 0 Å². The monoisotopic (exact) mass is 328 g/mol. The van der Waals surface area contributed by atoms with E-state index in [0.29, 0.717) is 5.69 Å². The Hall–Kier alpha value is -1.50. The number of hydrogen-bond acceptors (Lipinski definition) is 3. The van der Waals surface area contributed by atoms with Crippen molar-refractivity contribution in [1.82, 2.24) is 9.29 Å². The molecule has 2 rings (SSSR count). The third-order valence-corrected chi connectivity index (χ3v) is 5.36. The first-order valence-electron chi connectivity index (χ1n) is 6.31. The summed E-state index contributed by atoms with van der Waals surface area (Å²) in [6, 6.07) is 9.01. The SMILES string of the molecule is CCN(Cc1ccccn1)S(=O)(=O)c1c(F)cccc1Cl. The van der Waals surface area contributed by atoms with Gasteiger partial charge in [0.15, 0.2) is 0 Å². The first-order chi connectivity index (χ1) is 9.96. The highest BCUT2D eigenvalue weighted by Gasteiger charge is 2.29. The summed E-state index contributed by atoms with van der Waals surface area (Å²) in [5.74, 6) is -0.859. The van der Waals surface area contributed by atoms with Gasteiger partial charge in [-0.05, 0) is 24.3 Å². The van der Waals surface area contributed by atoms with Crippen molar-refractivity contribution >= 4 is 21.6 Å². The average Bonchev–Trinajstić information content (AvgIpc) is 2.45. The number of aromatic nitrogens is 1. The predicted molar refractivity (Wildman–Crippen MR) is 78.9 cm³/mol. The van der Waals surface area contributed by atoms with Gasteiger partial charge in [-0.2, -0.15) is 4.31 Å². The fourth-order valence-corrected chi connectivity index (χ4v) is 3.88. The van der Waals surface area contributed by atoms with Crippen LogP contribution in [0.5, 0.6) is 0 Å². The van der Waals surface area contributed by atoms with Gasteiger partial charge in [0.1, 0.15) is 10.7 Å². The fraction of sp³-hybridized carbons (Fsp3) is 0.214. The predicted octanol–water partition coefficient (Wildman–Crippen LogP) is 3.08. The molecule has 0 aliphatic carbocycles. The minimum atomic E-state index is -4.02.